The van der Waals surface area contributed by atoms with E-state index in [1.165, 1.54) is 0 Å². The zero-order chi connectivity index (χ0) is 26.4. The first-order valence-electron chi connectivity index (χ1n) is 12.4. The molecule has 0 aliphatic rings. The number of benzene rings is 2. The van der Waals surface area contributed by atoms with Gasteiger partial charge in [0.25, 0.3) is 0 Å². The van der Waals surface area contributed by atoms with Crippen molar-refractivity contribution < 1.29 is 19.3 Å². The number of phenolic OH excluding ortho intramolecular Hbond substituents is 1. The highest BCUT2D eigenvalue weighted by Gasteiger charge is 2.21. The maximum atomic E-state index is 10.7. The van der Waals surface area contributed by atoms with Crippen molar-refractivity contribution in [3.8, 4) is 45.4 Å². The average Bonchev–Trinajstić information content (AvgIpc) is 2.89. The summed E-state index contributed by atoms with van der Waals surface area (Å²) >= 11 is 0. The Kier molecular flexibility index (Phi) is 8.81. The summed E-state index contributed by atoms with van der Waals surface area (Å²) in [6, 6.07) is 9.45. The van der Waals surface area contributed by atoms with Crippen molar-refractivity contribution >= 4 is 0 Å². The molecule has 1 N–H and O–H groups in total. The predicted octanol–water partition coefficient (Wildman–Crippen LogP) is 8.44. The van der Waals surface area contributed by atoms with E-state index in [1.54, 1.807) is 13.2 Å². The van der Waals surface area contributed by atoms with Crippen LogP contribution in [0.3, 0.4) is 0 Å². The topological polar surface area (TPSA) is 60.8 Å². The molecule has 1 heterocycles. The quantitative estimate of drug-likeness (QED) is 0.307. The van der Waals surface area contributed by atoms with Gasteiger partial charge in [0.2, 0.25) is 5.88 Å². The molecule has 0 bridgehead atoms. The summed E-state index contributed by atoms with van der Waals surface area (Å²) in [4.78, 5) is 4.54. The number of nitrogens with zero attached hydrogens (tertiary/aromatic N) is 1. The first-order chi connectivity index (χ1) is 17.3. The van der Waals surface area contributed by atoms with Gasteiger partial charge in [-0.1, -0.05) is 19.9 Å². The lowest BCUT2D eigenvalue weighted by Gasteiger charge is -2.22. The van der Waals surface area contributed by atoms with Crippen LogP contribution in [-0.4, -0.2) is 17.2 Å². The van der Waals surface area contributed by atoms with Crippen LogP contribution in [0.25, 0.3) is 22.3 Å². The smallest absolute Gasteiger partial charge is 0.218 e. The fourth-order valence-electron chi connectivity index (χ4n) is 4.46. The van der Waals surface area contributed by atoms with E-state index >= 15 is 0 Å². The lowest BCUT2D eigenvalue weighted by atomic mass is 9.86. The maximum absolute atomic E-state index is 10.7. The third kappa shape index (κ3) is 5.40. The molecule has 5 heteroatoms. The number of ether oxygens (including phenoxy) is 3. The zero-order valence-corrected chi connectivity index (χ0v) is 22.7. The summed E-state index contributed by atoms with van der Waals surface area (Å²) in [5.74, 6) is 3.60. The molecule has 0 saturated heterocycles. The monoisotopic (exact) mass is 487 g/mol. The Bertz CT molecular complexity index is 1290. The Balaban J connectivity index is 2.07. The van der Waals surface area contributed by atoms with Crippen molar-refractivity contribution in [2.45, 2.75) is 61.3 Å². The van der Waals surface area contributed by atoms with Crippen LogP contribution in [0.1, 0.15) is 57.2 Å². The molecule has 0 atom stereocenters. The highest BCUT2D eigenvalue weighted by atomic mass is 16.5. The molecule has 0 radical (unpaired) electrons. The zero-order valence-electron chi connectivity index (χ0n) is 22.7. The van der Waals surface area contributed by atoms with Crippen molar-refractivity contribution in [3.05, 3.63) is 76.9 Å². The first kappa shape index (κ1) is 26.9. The largest absolute Gasteiger partial charge is 0.504 e. The minimum absolute atomic E-state index is 0.104. The molecule has 5 nitrogen and oxygen atoms in total. The first-order valence-corrected chi connectivity index (χ1v) is 12.4. The van der Waals surface area contributed by atoms with Gasteiger partial charge in [0.05, 0.1) is 12.9 Å². The summed E-state index contributed by atoms with van der Waals surface area (Å²) < 4.78 is 17.6. The number of aromatic nitrogens is 1. The van der Waals surface area contributed by atoms with Gasteiger partial charge in [-0.25, -0.2) is 4.98 Å². The molecule has 2 aromatic carbocycles. The van der Waals surface area contributed by atoms with Crippen molar-refractivity contribution in [1.29, 1.82) is 0 Å². The summed E-state index contributed by atoms with van der Waals surface area (Å²) in [6.45, 7) is 14.2. The van der Waals surface area contributed by atoms with Gasteiger partial charge in [-0.2, -0.15) is 0 Å². The Morgan fingerprint density at radius 2 is 1.44 bits per heavy atom. The van der Waals surface area contributed by atoms with Gasteiger partial charge in [0.15, 0.2) is 11.5 Å². The van der Waals surface area contributed by atoms with Crippen LogP contribution in [0.5, 0.6) is 23.1 Å². The van der Waals surface area contributed by atoms with Crippen molar-refractivity contribution in [2.24, 2.45) is 0 Å². The van der Waals surface area contributed by atoms with Crippen LogP contribution in [-0.2, 0) is 0 Å². The van der Waals surface area contributed by atoms with E-state index in [-0.39, 0.29) is 5.75 Å². The fourth-order valence-corrected chi connectivity index (χ4v) is 4.46. The molecule has 0 saturated carbocycles. The van der Waals surface area contributed by atoms with Gasteiger partial charge < -0.3 is 19.3 Å². The van der Waals surface area contributed by atoms with Crippen LogP contribution in [0.2, 0.25) is 0 Å². The lowest BCUT2D eigenvalue weighted by Crippen LogP contribution is -2.02. The highest BCUT2D eigenvalue weighted by Crippen LogP contribution is 2.45. The number of phenols is 1. The van der Waals surface area contributed by atoms with Crippen LogP contribution >= 0.6 is 0 Å². The number of rotatable bonds is 9. The number of aromatic hydroxyl groups is 1. The van der Waals surface area contributed by atoms with Crippen LogP contribution in [0, 0.1) is 20.8 Å². The van der Waals surface area contributed by atoms with Crippen molar-refractivity contribution in [1.82, 2.24) is 4.98 Å². The minimum atomic E-state index is 0.104. The standard InChI is InChI=1S/C31H37NO4/c1-9-24(10-2)35-27-15-13-22(17-26(27)33)29-19(5)20(6)30(31(34-8)21(29)7)23-14-16-28(32-18-23)36-25(11-3)12-4/h9,11,13-18,33H,10,12H2,1-8H3. The number of methoxy groups -OCH3 is 1. The summed E-state index contributed by atoms with van der Waals surface area (Å²) in [7, 11) is 1.69. The third-order valence-electron chi connectivity index (χ3n) is 6.55. The highest BCUT2D eigenvalue weighted by molar-refractivity contribution is 5.85. The molecule has 0 aliphatic carbocycles. The molecule has 0 fully saturated rings. The van der Waals surface area contributed by atoms with Gasteiger partial charge in [-0.05, 0) is 92.8 Å². The second kappa shape index (κ2) is 11.8. The van der Waals surface area contributed by atoms with E-state index in [0.29, 0.717) is 11.6 Å². The Labute approximate surface area is 215 Å². The summed E-state index contributed by atoms with van der Waals surface area (Å²) in [5.41, 5.74) is 7.09. The maximum Gasteiger partial charge on any atom is 0.218 e. The van der Waals surface area contributed by atoms with E-state index in [1.807, 2.05) is 70.3 Å². The molecule has 190 valence electrons. The molecule has 0 spiro atoms. The Morgan fingerprint density at radius 3 is 1.97 bits per heavy atom. The van der Waals surface area contributed by atoms with Crippen molar-refractivity contribution in [3.63, 3.8) is 0 Å². The number of hydrogen-bond donors (Lipinski definition) is 1. The minimum Gasteiger partial charge on any atom is -0.504 e. The second-order valence-electron chi connectivity index (χ2n) is 8.65. The summed E-state index contributed by atoms with van der Waals surface area (Å²) in [5, 5.41) is 10.7. The van der Waals surface area contributed by atoms with E-state index in [0.717, 1.165) is 69.1 Å². The molecule has 0 amide bonds. The third-order valence-corrected chi connectivity index (χ3v) is 6.55. The summed E-state index contributed by atoms with van der Waals surface area (Å²) in [6.07, 6.45) is 7.25. The van der Waals surface area contributed by atoms with Gasteiger partial charge in [0.1, 0.15) is 11.5 Å². The van der Waals surface area contributed by atoms with E-state index in [2.05, 4.69) is 25.8 Å². The Hall–Kier alpha value is -3.73. The fraction of sp³-hybridized carbons (Fsp3) is 0.323. The van der Waals surface area contributed by atoms with Crippen molar-refractivity contribution in [2.75, 3.05) is 7.11 Å². The molecular weight excluding hydrogens is 450 g/mol. The molecule has 3 rings (SSSR count). The number of pyridine rings is 1. The molecule has 36 heavy (non-hydrogen) atoms. The number of hydrogen-bond acceptors (Lipinski definition) is 5. The Morgan fingerprint density at radius 1 is 0.833 bits per heavy atom. The number of allylic oxidation sites excluding steroid dienone is 4. The van der Waals surface area contributed by atoms with E-state index in [9.17, 15) is 5.11 Å². The average molecular weight is 488 g/mol. The van der Waals surface area contributed by atoms with Crippen LogP contribution < -0.4 is 14.2 Å². The molecule has 0 aliphatic heterocycles. The van der Waals surface area contributed by atoms with E-state index < -0.39 is 0 Å². The van der Waals surface area contributed by atoms with Gasteiger partial charge in [0, 0.05) is 36.2 Å². The van der Waals surface area contributed by atoms with Gasteiger partial charge in [-0.15, -0.1) is 0 Å². The molecule has 3 aromatic rings. The predicted molar refractivity (Wildman–Crippen MR) is 147 cm³/mol. The van der Waals surface area contributed by atoms with Crippen LogP contribution in [0.4, 0.5) is 0 Å². The normalized spacial score (nSPS) is 12.0. The molecule has 0 unspecified atom stereocenters. The van der Waals surface area contributed by atoms with E-state index in [4.69, 9.17) is 14.2 Å². The van der Waals surface area contributed by atoms with Crippen LogP contribution in [0.15, 0.2) is 60.2 Å². The molecular formula is C31H37NO4. The second-order valence-corrected chi connectivity index (χ2v) is 8.65. The SMILES string of the molecule is CC=C(CC)Oc1ccc(-c2c(C)c(C)c(-c3ccc(OC(=CC)CC)c(O)c3)c(C)c2OC)cn1. The van der Waals surface area contributed by atoms with Gasteiger partial charge >= 0.3 is 0 Å². The lowest BCUT2D eigenvalue weighted by molar-refractivity contribution is 0.371. The van der Waals surface area contributed by atoms with Gasteiger partial charge in [-0.3, -0.25) is 0 Å². The molecule has 1 aromatic heterocycles.